The molecule has 0 aliphatic heterocycles. The molecule has 3 heteroatoms. The Morgan fingerprint density at radius 2 is 2.00 bits per heavy atom. The van der Waals surface area contributed by atoms with Gasteiger partial charge in [-0.3, -0.25) is 0 Å². The average Bonchev–Trinajstić information content (AvgIpc) is 2.30. The third-order valence-corrected chi connectivity index (χ3v) is 2.39. The summed E-state index contributed by atoms with van der Waals surface area (Å²) in [5, 5.41) is 3.48. The molecule has 0 N–H and O–H groups in total. The molecule has 1 rings (SSSR count). The van der Waals surface area contributed by atoms with Crippen molar-refractivity contribution in [1.82, 2.24) is 0 Å². The van der Waals surface area contributed by atoms with E-state index in [9.17, 15) is 0 Å². The normalized spacial score (nSPS) is 10.8. The largest absolute Gasteiger partial charge is 0.0937 e. The van der Waals surface area contributed by atoms with Crippen LogP contribution >= 0.6 is 0 Å². The fourth-order valence-corrected chi connectivity index (χ4v) is 1.63. The van der Waals surface area contributed by atoms with E-state index in [2.05, 4.69) is 54.2 Å². The molecule has 90 valence electrons. The van der Waals surface area contributed by atoms with Gasteiger partial charge in [-0.2, -0.15) is 0 Å². The lowest BCUT2D eigenvalue weighted by Gasteiger charge is -2.04. The molecule has 0 aliphatic rings. The Balaban J connectivity index is 2.47. The van der Waals surface area contributed by atoms with Crippen molar-refractivity contribution >= 4 is 6.08 Å². The van der Waals surface area contributed by atoms with Crippen molar-refractivity contribution in [1.29, 1.82) is 0 Å². The molecule has 0 saturated heterocycles. The monoisotopic (exact) mass is 229 g/mol. The number of hydrogen-bond acceptors (Lipinski definition) is 1. The van der Waals surface area contributed by atoms with Crippen molar-refractivity contribution in [2.45, 2.75) is 26.7 Å². The van der Waals surface area contributed by atoms with Gasteiger partial charge in [-0.15, -0.1) is 0 Å². The Morgan fingerprint density at radius 3 is 2.59 bits per heavy atom. The van der Waals surface area contributed by atoms with Crippen LogP contribution in [0.2, 0.25) is 0 Å². The first-order valence-electron chi connectivity index (χ1n) is 5.98. The Kier molecular flexibility index (Phi) is 5.91. The molecule has 0 heterocycles. The summed E-state index contributed by atoms with van der Waals surface area (Å²) in [6.07, 6.45) is 6.01. The molecule has 17 heavy (non-hydrogen) atoms. The summed E-state index contributed by atoms with van der Waals surface area (Å²) in [6, 6.07) is 8.60. The lowest BCUT2D eigenvalue weighted by Crippen LogP contribution is -1.93. The number of hydrogen-bond donors (Lipinski definition) is 0. The number of rotatable bonds is 6. The SMILES string of the molecule is CC(C)Cc1ccc(C=CCCN=[N+]=[N-])cc1. The second-order valence-corrected chi connectivity index (χ2v) is 4.49. The van der Waals surface area contributed by atoms with Crippen molar-refractivity contribution in [3.05, 3.63) is 51.9 Å². The summed E-state index contributed by atoms with van der Waals surface area (Å²) in [7, 11) is 0. The zero-order valence-electron chi connectivity index (χ0n) is 10.5. The Labute approximate surface area is 103 Å². The van der Waals surface area contributed by atoms with Gasteiger partial charge < -0.3 is 0 Å². The van der Waals surface area contributed by atoms with Crippen LogP contribution in [0.25, 0.3) is 16.5 Å². The van der Waals surface area contributed by atoms with Crippen molar-refractivity contribution in [2.75, 3.05) is 6.54 Å². The topological polar surface area (TPSA) is 48.8 Å². The van der Waals surface area contributed by atoms with E-state index in [0.717, 1.165) is 12.8 Å². The first-order valence-corrected chi connectivity index (χ1v) is 5.98. The molecule has 0 fully saturated rings. The zero-order valence-corrected chi connectivity index (χ0v) is 10.5. The van der Waals surface area contributed by atoms with Crippen molar-refractivity contribution in [3.63, 3.8) is 0 Å². The van der Waals surface area contributed by atoms with Gasteiger partial charge in [-0.1, -0.05) is 55.4 Å². The first kappa shape index (κ1) is 13.3. The molecule has 0 bridgehead atoms. The average molecular weight is 229 g/mol. The molecule has 0 saturated carbocycles. The van der Waals surface area contributed by atoms with Gasteiger partial charge in [0.15, 0.2) is 0 Å². The molecular weight excluding hydrogens is 210 g/mol. The van der Waals surface area contributed by atoms with Crippen LogP contribution in [0.15, 0.2) is 35.5 Å². The van der Waals surface area contributed by atoms with Gasteiger partial charge in [0.05, 0.1) is 0 Å². The van der Waals surface area contributed by atoms with Crippen molar-refractivity contribution in [2.24, 2.45) is 11.0 Å². The van der Waals surface area contributed by atoms with Crippen LogP contribution in [0.5, 0.6) is 0 Å². The molecule has 1 aromatic rings. The molecule has 0 aliphatic carbocycles. The van der Waals surface area contributed by atoms with Crippen LogP contribution in [0.3, 0.4) is 0 Å². The van der Waals surface area contributed by atoms with Gasteiger partial charge >= 0.3 is 0 Å². The van der Waals surface area contributed by atoms with Gasteiger partial charge in [0.1, 0.15) is 0 Å². The summed E-state index contributed by atoms with van der Waals surface area (Å²) in [6.45, 7) is 4.98. The molecule has 1 aromatic carbocycles. The maximum atomic E-state index is 8.12. The third kappa shape index (κ3) is 5.79. The molecular formula is C14H19N3. The fraction of sp³-hybridized carbons (Fsp3) is 0.429. The van der Waals surface area contributed by atoms with Gasteiger partial charge in [0.2, 0.25) is 0 Å². The van der Waals surface area contributed by atoms with Crippen LogP contribution in [-0.2, 0) is 6.42 Å². The van der Waals surface area contributed by atoms with Crippen molar-refractivity contribution in [3.8, 4) is 0 Å². The van der Waals surface area contributed by atoms with E-state index in [0.29, 0.717) is 12.5 Å². The molecule has 3 nitrogen and oxygen atoms in total. The summed E-state index contributed by atoms with van der Waals surface area (Å²) in [5.41, 5.74) is 10.7. The summed E-state index contributed by atoms with van der Waals surface area (Å²) >= 11 is 0. The maximum absolute atomic E-state index is 8.12. The second kappa shape index (κ2) is 7.53. The maximum Gasteiger partial charge on any atom is 0.0292 e. The van der Waals surface area contributed by atoms with Gasteiger partial charge in [-0.05, 0) is 35.4 Å². The summed E-state index contributed by atoms with van der Waals surface area (Å²) in [5.74, 6) is 0.695. The molecule has 0 unspecified atom stereocenters. The molecule has 0 atom stereocenters. The van der Waals surface area contributed by atoms with Gasteiger partial charge in [0.25, 0.3) is 0 Å². The highest BCUT2D eigenvalue weighted by Gasteiger charge is 1.96. The first-order chi connectivity index (χ1) is 8.22. The number of azide groups is 1. The van der Waals surface area contributed by atoms with Gasteiger partial charge in [0, 0.05) is 11.5 Å². The van der Waals surface area contributed by atoms with E-state index in [1.165, 1.54) is 11.1 Å². The third-order valence-electron chi connectivity index (χ3n) is 2.39. The summed E-state index contributed by atoms with van der Waals surface area (Å²) < 4.78 is 0. The lowest BCUT2D eigenvalue weighted by molar-refractivity contribution is 0.647. The highest BCUT2D eigenvalue weighted by Crippen LogP contribution is 2.11. The Bertz CT molecular complexity index is 398. The van der Waals surface area contributed by atoms with Crippen LogP contribution in [0.1, 0.15) is 31.4 Å². The molecule has 0 spiro atoms. The second-order valence-electron chi connectivity index (χ2n) is 4.49. The minimum absolute atomic E-state index is 0.526. The van der Waals surface area contributed by atoms with E-state index >= 15 is 0 Å². The summed E-state index contributed by atoms with van der Waals surface area (Å²) in [4.78, 5) is 2.71. The highest BCUT2D eigenvalue weighted by molar-refractivity contribution is 5.49. The van der Waals surface area contributed by atoms with E-state index in [1.807, 2.05) is 6.08 Å². The Hall–Kier alpha value is -1.73. The molecule has 0 amide bonds. The van der Waals surface area contributed by atoms with E-state index in [4.69, 9.17) is 5.53 Å². The predicted octanol–water partition coefficient (Wildman–Crippen LogP) is 4.60. The number of nitrogens with zero attached hydrogens (tertiary/aromatic N) is 3. The van der Waals surface area contributed by atoms with Crippen molar-refractivity contribution < 1.29 is 0 Å². The quantitative estimate of drug-likeness (QED) is 0.296. The fourth-order valence-electron chi connectivity index (χ4n) is 1.63. The van der Waals surface area contributed by atoms with Crippen LogP contribution in [0, 0.1) is 5.92 Å². The Morgan fingerprint density at radius 1 is 1.29 bits per heavy atom. The van der Waals surface area contributed by atoms with E-state index in [-0.39, 0.29) is 0 Å². The van der Waals surface area contributed by atoms with Gasteiger partial charge in [-0.25, -0.2) is 0 Å². The van der Waals surface area contributed by atoms with E-state index < -0.39 is 0 Å². The highest BCUT2D eigenvalue weighted by atomic mass is 15.1. The predicted molar refractivity (Wildman–Crippen MR) is 72.6 cm³/mol. The minimum atomic E-state index is 0.526. The lowest BCUT2D eigenvalue weighted by atomic mass is 10.0. The zero-order chi connectivity index (χ0) is 12.5. The molecule has 0 aromatic heterocycles. The van der Waals surface area contributed by atoms with E-state index in [1.54, 1.807) is 0 Å². The number of benzene rings is 1. The smallest absolute Gasteiger partial charge is 0.0292 e. The molecule has 0 radical (unpaired) electrons. The van der Waals surface area contributed by atoms with Crippen LogP contribution < -0.4 is 0 Å². The minimum Gasteiger partial charge on any atom is -0.0937 e. The van der Waals surface area contributed by atoms with Crippen LogP contribution in [0.4, 0.5) is 0 Å². The van der Waals surface area contributed by atoms with Crippen LogP contribution in [-0.4, -0.2) is 6.54 Å². The standard InChI is InChI=1S/C14H19N3/c1-12(2)11-14-8-6-13(7-9-14)5-3-4-10-16-17-15/h3,5-9,12H,4,10-11H2,1-2H3.